The fourth-order valence-electron chi connectivity index (χ4n) is 2.98. The van der Waals surface area contributed by atoms with Crippen LogP contribution in [0.15, 0.2) is 58.3 Å². The number of thioether (sulfide) groups is 1. The number of halogens is 1. The van der Waals surface area contributed by atoms with Crippen LogP contribution in [-0.2, 0) is 14.8 Å². The number of amides is 1. The van der Waals surface area contributed by atoms with Crippen molar-refractivity contribution in [3.8, 4) is 0 Å². The highest BCUT2D eigenvalue weighted by Gasteiger charge is 2.25. The van der Waals surface area contributed by atoms with Gasteiger partial charge in [0.2, 0.25) is 15.9 Å². The number of sulfonamides is 1. The maximum absolute atomic E-state index is 12.9. The molecule has 28 heavy (non-hydrogen) atoms. The highest BCUT2D eigenvalue weighted by molar-refractivity contribution is 7.99. The highest BCUT2D eigenvalue weighted by Crippen LogP contribution is 2.22. The summed E-state index contributed by atoms with van der Waals surface area (Å²) in [6, 6.07) is 12.4. The second-order valence-corrected chi connectivity index (χ2v) is 9.70. The van der Waals surface area contributed by atoms with E-state index in [0.29, 0.717) is 31.0 Å². The molecule has 1 saturated heterocycles. The molecule has 3 rings (SSSR count). The molecular weight excluding hydrogens is 399 g/mol. The van der Waals surface area contributed by atoms with Gasteiger partial charge in [0.1, 0.15) is 5.82 Å². The van der Waals surface area contributed by atoms with Crippen molar-refractivity contribution >= 4 is 33.4 Å². The van der Waals surface area contributed by atoms with Gasteiger partial charge in [-0.15, -0.1) is 11.8 Å². The van der Waals surface area contributed by atoms with Crippen molar-refractivity contribution in [1.82, 2.24) is 4.31 Å². The van der Waals surface area contributed by atoms with Gasteiger partial charge in [-0.25, -0.2) is 12.8 Å². The van der Waals surface area contributed by atoms with Crippen LogP contribution in [0.4, 0.5) is 10.1 Å². The molecule has 8 heteroatoms. The van der Waals surface area contributed by atoms with E-state index in [-0.39, 0.29) is 16.6 Å². The van der Waals surface area contributed by atoms with Gasteiger partial charge in [-0.05, 0) is 61.4 Å². The number of nitrogens with zero attached hydrogens (tertiary/aromatic N) is 1. The van der Waals surface area contributed by atoms with Crippen molar-refractivity contribution in [1.29, 1.82) is 0 Å². The average Bonchev–Trinajstić information content (AvgIpc) is 2.70. The zero-order valence-electron chi connectivity index (χ0n) is 15.4. The van der Waals surface area contributed by atoms with Crippen LogP contribution < -0.4 is 5.32 Å². The van der Waals surface area contributed by atoms with E-state index in [1.165, 1.54) is 40.3 Å². The molecule has 0 aliphatic carbocycles. The Balaban J connectivity index is 1.50. The van der Waals surface area contributed by atoms with Gasteiger partial charge in [-0.3, -0.25) is 4.79 Å². The summed E-state index contributed by atoms with van der Waals surface area (Å²) in [5.41, 5.74) is 0.564. The summed E-state index contributed by atoms with van der Waals surface area (Å²) in [5.74, 6) is 0.132. The first-order valence-corrected chi connectivity index (χ1v) is 11.7. The Morgan fingerprint density at radius 3 is 2.29 bits per heavy atom. The predicted molar refractivity (Wildman–Crippen MR) is 109 cm³/mol. The molecule has 1 aliphatic heterocycles. The third-order valence-electron chi connectivity index (χ3n) is 4.50. The van der Waals surface area contributed by atoms with Gasteiger partial charge in [0.15, 0.2) is 0 Å². The zero-order valence-corrected chi connectivity index (χ0v) is 17.1. The normalized spacial score (nSPS) is 15.3. The van der Waals surface area contributed by atoms with Gasteiger partial charge < -0.3 is 5.32 Å². The molecule has 1 N–H and O–H groups in total. The van der Waals surface area contributed by atoms with E-state index < -0.39 is 10.0 Å². The van der Waals surface area contributed by atoms with E-state index in [2.05, 4.69) is 5.32 Å². The van der Waals surface area contributed by atoms with Crippen LogP contribution in [0.3, 0.4) is 0 Å². The molecule has 150 valence electrons. The largest absolute Gasteiger partial charge is 0.326 e. The summed E-state index contributed by atoms with van der Waals surface area (Å²) in [4.78, 5) is 13.2. The Morgan fingerprint density at radius 1 is 1.00 bits per heavy atom. The summed E-state index contributed by atoms with van der Waals surface area (Å²) >= 11 is 1.48. The number of benzene rings is 2. The minimum Gasteiger partial charge on any atom is -0.326 e. The topological polar surface area (TPSA) is 66.5 Å². The number of carbonyl (C=O) groups excluding carboxylic acids is 1. The number of nitrogens with one attached hydrogen (secondary N) is 1. The van der Waals surface area contributed by atoms with Crippen molar-refractivity contribution in [2.75, 3.05) is 24.2 Å². The van der Waals surface area contributed by atoms with Crippen LogP contribution in [0.25, 0.3) is 0 Å². The molecular formula is C20H23FN2O3S2. The Hall–Kier alpha value is -1.90. The fraction of sp³-hybridized carbons (Fsp3) is 0.350. The first kappa shape index (κ1) is 20.8. The Kier molecular flexibility index (Phi) is 7.09. The molecule has 0 unspecified atom stereocenters. The lowest BCUT2D eigenvalue weighted by Gasteiger charge is -2.25. The number of rotatable bonds is 7. The molecule has 0 radical (unpaired) electrons. The summed E-state index contributed by atoms with van der Waals surface area (Å²) in [5, 5.41) is 2.77. The van der Waals surface area contributed by atoms with Gasteiger partial charge in [0, 0.05) is 35.8 Å². The van der Waals surface area contributed by atoms with E-state index >= 15 is 0 Å². The lowest BCUT2D eigenvalue weighted by Crippen LogP contribution is -2.35. The quantitative estimate of drug-likeness (QED) is 0.682. The number of piperidine rings is 1. The lowest BCUT2D eigenvalue weighted by molar-refractivity contribution is -0.115. The molecule has 5 nitrogen and oxygen atoms in total. The second-order valence-electron chi connectivity index (χ2n) is 6.59. The van der Waals surface area contributed by atoms with Crippen molar-refractivity contribution < 1.29 is 17.6 Å². The van der Waals surface area contributed by atoms with Gasteiger partial charge in [0.25, 0.3) is 0 Å². The fourth-order valence-corrected chi connectivity index (χ4v) is 5.35. The summed E-state index contributed by atoms with van der Waals surface area (Å²) in [6.07, 6.45) is 3.15. The Morgan fingerprint density at radius 2 is 1.64 bits per heavy atom. The van der Waals surface area contributed by atoms with E-state index in [4.69, 9.17) is 0 Å². The number of hydrogen-bond acceptors (Lipinski definition) is 4. The third-order valence-corrected chi connectivity index (χ3v) is 7.43. The number of anilines is 1. The first-order valence-electron chi connectivity index (χ1n) is 9.23. The molecule has 1 amide bonds. The van der Waals surface area contributed by atoms with Crippen LogP contribution in [-0.4, -0.2) is 37.5 Å². The molecule has 0 aromatic heterocycles. The SMILES string of the molecule is O=C(CCSc1ccc(F)cc1)Nc1ccc(S(=O)(=O)N2CCCCC2)cc1. The van der Waals surface area contributed by atoms with Gasteiger partial charge in [0.05, 0.1) is 4.90 Å². The average molecular weight is 423 g/mol. The Bertz CT molecular complexity index is 894. The van der Waals surface area contributed by atoms with Crippen LogP contribution in [0.5, 0.6) is 0 Å². The molecule has 2 aromatic rings. The third kappa shape index (κ3) is 5.56. The van der Waals surface area contributed by atoms with Crippen LogP contribution in [0.1, 0.15) is 25.7 Å². The molecule has 2 aromatic carbocycles. The zero-order chi connectivity index (χ0) is 20.0. The smallest absolute Gasteiger partial charge is 0.243 e. The van der Waals surface area contributed by atoms with Crippen LogP contribution >= 0.6 is 11.8 Å². The van der Waals surface area contributed by atoms with E-state index in [9.17, 15) is 17.6 Å². The minimum atomic E-state index is -3.46. The van der Waals surface area contributed by atoms with Gasteiger partial charge >= 0.3 is 0 Å². The summed E-state index contributed by atoms with van der Waals surface area (Å²) in [7, 11) is -3.46. The molecule has 0 bridgehead atoms. The van der Waals surface area contributed by atoms with E-state index in [1.807, 2.05) is 0 Å². The maximum Gasteiger partial charge on any atom is 0.243 e. The predicted octanol–water partition coefficient (Wildman–Crippen LogP) is 4.12. The van der Waals surface area contributed by atoms with Crippen LogP contribution in [0, 0.1) is 5.82 Å². The molecule has 1 fully saturated rings. The number of carbonyl (C=O) groups is 1. The first-order chi connectivity index (χ1) is 13.4. The minimum absolute atomic E-state index is 0.152. The van der Waals surface area contributed by atoms with Crippen molar-refractivity contribution in [3.05, 3.63) is 54.3 Å². The molecule has 0 atom stereocenters. The lowest BCUT2D eigenvalue weighted by atomic mass is 10.2. The maximum atomic E-state index is 12.9. The summed E-state index contributed by atoms with van der Waals surface area (Å²) in [6.45, 7) is 1.12. The molecule has 1 aliphatic rings. The molecule has 1 heterocycles. The molecule has 0 spiro atoms. The van der Waals surface area contributed by atoms with Gasteiger partial charge in [-0.1, -0.05) is 6.42 Å². The molecule has 0 saturated carbocycles. The van der Waals surface area contributed by atoms with Crippen molar-refractivity contribution in [3.63, 3.8) is 0 Å². The second kappa shape index (κ2) is 9.54. The van der Waals surface area contributed by atoms with E-state index in [1.54, 1.807) is 24.3 Å². The highest BCUT2D eigenvalue weighted by atomic mass is 32.2. The van der Waals surface area contributed by atoms with Gasteiger partial charge in [-0.2, -0.15) is 4.31 Å². The van der Waals surface area contributed by atoms with Crippen LogP contribution in [0.2, 0.25) is 0 Å². The standard InChI is InChI=1S/C20H23FN2O3S2/c21-16-4-8-18(9-5-16)27-15-12-20(24)22-17-6-10-19(11-7-17)28(25,26)23-13-2-1-3-14-23/h4-11H,1-3,12-15H2,(H,22,24). The van der Waals surface area contributed by atoms with Crippen molar-refractivity contribution in [2.45, 2.75) is 35.5 Å². The van der Waals surface area contributed by atoms with Crippen molar-refractivity contribution in [2.24, 2.45) is 0 Å². The summed E-state index contributed by atoms with van der Waals surface area (Å²) < 4.78 is 39.7. The number of hydrogen-bond donors (Lipinski definition) is 1. The van der Waals surface area contributed by atoms with E-state index in [0.717, 1.165) is 24.2 Å². The monoisotopic (exact) mass is 422 g/mol. The Labute approximate surface area is 169 Å².